The van der Waals surface area contributed by atoms with Crippen molar-refractivity contribution in [1.29, 1.82) is 0 Å². The Balaban J connectivity index is 0.00000261. The van der Waals surface area contributed by atoms with E-state index in [1.807, 2.05) is 29.0 Å². The molecule has 0 aliphatic carbocycles. The molecule has 2 N–H and O–H groups in total. The van der Waals surface area contributed by atoms with E-state index in [4.69, 9.17) is 23.2 Å². The van der Waals surface area contributed by atoms with Gasteiger partial charge in [-0.1, -0.05) is 29.3 Å². The first-order valence-corrected chi connectivity index (χ1v) is 10.4. The summed E-state index contributed by atoms with van der Waals surface area (Å²) in [5, 5.41) is 10.1. The predicted octanol–water partition coefficient (Wildman–Crippen LogP) is 4.51. The minimum absolute atomic E-state index is 0. The summed E-state index contributed by atoms with van der Waals surface area (Å²) in [6, 6.07) is 6.61. The average Bonchev–Trinajstić information content (AvgIpc) is 3.39. The molecule has 0 amide bonds. The summed E-state index contributed by atoms with van der Waals surface area (Å²) in [4.78, 5) is 8.30. The van der Waals surface area contributed by atoms with Crippen LogP contribution in [-0.4, -0.2) is 42.1 Å². The first-order valence-electron chi connectivity index (χ1n) is 8.81. The van der Waals surface area contributed by atoms with Gasteiger partial charge in [-0.3, -0.25) is 9.89 Å². The van der Waals surface area contributed by atoms with Crippen LogP contribution in [0.1, 0.15) is 29.5 Å². The fourth-order valence-electron chi connectivity index (χ4n) is 3.29. The number of guanidine groups is 1. The Labute approximate surface area is 192 Å². The standard InChI is InChI=1S/C18H25Cl2N5S.HI/c1-21-18(22-11-13-10-14(19)17(20)24(13)2)23-12-15(16-6-5-9-26-16)25-7-3-4-8-25;/h5-6,9-10,15H,3-4,7-8,11-12H2,1-2H3,(H2,21,22,23);1H. The Morgan fingerprint density at radius 1 is 1.30 bits per heavy atom. The Morgan fingerprint density at radius 2 is 2.04 bits per heavy atom. The molecule has 0 radical (unpaired) electrons. The molecule has 1 atom stereocenters. The van der Waals surface area contributed by atoms with Gasteiger partial charge in [-0.05, 0) is 43.4 Å². The van der Waals surface area contributed by atoms with Gasteiger partial charge in [0.2, 0.25) is 0 Å². The van der Waals surface area contributed by atoms with E-state index < -0.39 is 0 Å². The summed E-state index contributed by atoms with van der Waals surface area (Å²) in [5.74, 6) is 0.777. The van der Waals surface area contributed by atoms with E-state index in [0.717, 1.165) is 31.3 Å². The number of aliphatic imine (C=N–C) groups is 1. The molecule has 1 unspecified atom stereocenters. The molecule has 0 saturated carbocycles. The van der Waals surface area contributed by atoms with E-state index in [0.29, 0.717) is 22.8 Å². The van der Waals surface area contributed by atoms with E-state index in [1.54, 1.807) is 7.05 Å². The van der Waals surface area contributed by atoms with Crippen LogP contribution in [0.5, 0.6) is 0 Å². The average molecular weight is 542 g/mol. The lowest BCUT2D eigenvalue weighted by Gasteiger charge is -2.27. The van der Waals surface area contributed by atoms with Crippen LogP contribution in [0.25, 0.3) is 0 Å². The van der Waals surface area contributed by atoms with Crippen molar-refractivity contribution in [3.8, 4) is 0 Å². The van der Waals surface area contributed by atoms with Crippen molar-refractivity contribution in [2.75, 3.05) is 26.7 Å². The first kappa shape index (κ1) is 22.8. The van der Waals surface area contributed by atoms with Gasteiger partial charge in [0.1, 0.15) is 5.15 Å². The fraction of sp³-hybridized carbons (Fsp3) is 0.500. The number of nitrogens with one attached hydrogen (secondary N) is 2. The number of thiophene rings is 1. The molecule has 3 rings (SSSR count). The Hall–Kier alpha value is -0.480. The highest BCUT2D eigenvalue weighted by molar-refractivity contribution is 14.0. The predicted molar refractivity (Wildman–Crippen MR) is 127 cm³/mol. The lowest BCUT2D eigenvalue weighted by Crippen LogP contribution is -2.42. The van der Waals surface area contributed by atoms with Gasteiger partial charge in [-0.2, -0.15) is 0 Å². The molecule has 150 valence electrons. The SMILES string of the molecule is CN=C(NCc1cc(Cl)c(Cl)n1C)NCC(c1cccs1)N1CCCC1.I. The molecular weight excluding hydrogens is 516 g/mol. The van der Waals surface area contributed by atoms with Gasteiger partial charge in [-0.25, -0.2) is 0 Å². The van der Waals surface area contributed by atoms with Crippen LogP contribution in [0.4, 0.5) is 0 Å². The second kappa shape index (κ2) is 10.9. The van der Waals surface area contributed by atoms with E-state index in [1.165, 1.54) is 17.7 Å². The second-order valence-corrected chi connectivity index (χ2v) is 8.16. The molecule has 0 spiro atoms. The van der Waals surface area contributed by atoms with E-state index in [-0.39, 0.29) is 24.0 Å². The van der Waals surface area contributed by atoms with Gasteiger partial charge < -0.3 is 15.2 Å². The number of halogens is 3. The van der Waals surface area contributed by atoms with Gasteiger partial charge in [0.05, 0.1) is 17.6 Å². The molecule has 1 fully saturated rings. The summed E-state index contributed by atoms with van der Waals surface area (Å²) >= 11 is 14.0. The van der Waals surface area contributed by atoms with Crippen molar-refractivity contribution in [1.82, 2.24) is 20.1 Å². The fourth-order valence-corrected chi connectivity index (χ4v) is 4.57. The molecule has 2 aromatic heterocycles. The number of rotatable bonds is 6. The molecule has 0 aromatic carbocycles. The van der Waals surface area contributed by atoms with E-state index in [2.05, 4.69) is 38.0 Å². The van der Waals surface area contributed by atoms with Crippen LogP contribution in [-0.2, 0) is 13.6 Å². The van der Waals surface area contributed by atoms with Crippen molar-refractivity contribution in [2.24, 2.45) is 12.0 Å². The minimum Gasteiger partial charge on any atom is -0.354 e. The van der Waals surface area contributed by atoms with Gasteiger partial charge in [0.15, 0.2) is 5.96 Å². The van der Waals surface area contributed by atoms with Crippen LogP contribution < -0.4 is 10.6 Å². The van der Waals surface area contributed by atoms with E-state index >= 15 is 0 Å². The van der Waals surface area contributed by atoms with Crippen molar-refractivity contribution >= 4 is 64.5 Å². The van der Waals surface area contributed by atoms with Crippen LogP contribution in [0.3, 0.4) is 0 Å². The highest BCUT2D eigenvalue weighted by atomic mass is 127. The largest absolute Gasteiger partial charge is 0.354 e. The van der Waals surface area contributed by atoms with Crippen molar-refractivity contribution in [3.05, 3.63) is 44.3 Å². The Morgan fingerprint density at radius 3 is 2.59 bits per heavy atom. The van der Waals surface area contributed by atoms with Gasteiger partial charge in [0.25, 0.3) is 0 Å². The van der Waals surface area contributed by atoms with Crippen LogP contribution >= 0.6 is 58.5 Å². The van der Waals surface area contributed by atoms with Crippen LogP contribution in [0.2, 0.25) is 10.2 Å². The first-order chi connectivity index (χ1) is 12.6. The zero-order valence-corrected chi connectivity index (χ0v) is 20.2. The van der Waals surface area contributed by atoms with Gasteiger partial charge in [0, 0.05) is 31.2 Å². The number of nitrogens with zero attached hydrogens (tertiary/aromatic N) is 3. The van der Waals surface area contributed by atoms with Crippen molar-refractivity contribution < 1.29 is 0 Å². The molecule has 1 aliphatic rings. The third-order valence-corrected chi connectivity index (χ3v) is 6.61. The lowest BCUT2D eigenvalue weighted by atomic mass is 10.2. The number of hydrogen-bond donors (Lipinski definition) is 2. The smallest absolute Gasteiger partial charge is 0.191 e. The zero-order valence-electron chi connectivity index (χ0n) is 15.5. The maximum absolute atomic E-state index is 6.13. The lowest BCUT2D eigenvalue weighted by molar-refractivity contribution is 0.249. The summed E-state index contributed by atoms with van der Waals surface area (Å²) < 4.78 is 1.88. The topological polar surface area (TPSA) is 44.6 Å². The number of aromatic nitrogens is 1. The van der Waals surface area contributed by atoms with Gasteiger partial charge >= 0.3 is 0 Å². The Kier molecular flexibility index (Phi) is 9.21. The summed E-state index contributed by atoms with van der Waals surface area (Å²) in [6.45, 7) is 3.76. The quantitative estimate of drug-likeness (QED) is 0.321. The second-order valence-electron chi connectivity index (χ2n) is 6.41. The number of hydrogen-bond acceptors (Lipinski definition) is 3. The maximum atomic E-state index is 6.13. The highest BCUT2D eigenvalue weighted by Gasteiger charge is 2.24. The maximum Gasteiger partial charge on any atom is 0.191 e. The van der Waals surface area contributed by atoms with Crippen molar-refractivity contribution in [3.63, 3.8) is 0 Å². The molecule has 2 aromatic rings. The van der Waals surface area contributed by atoms with Crippen LogP contribution in [0.15, 0.2) is 28.6 Å². The molecule has 27 heavy (non-hydrogen) atoms. The molecule has 1 aliphatic heterocycles. The van der Waals surface area contributed by atoms with Gasteiger partial charge in [-0.15, -0.1) is 35.3 Å². The highest BCUT2D eigenvalue weighted by Crippen LogP contribution is 2.28. The van der Waals surface area contributed by atoms with Crippen LogP contribution in [0, 0.1) is 0 Å². The Bertz CT molecular complexity index is 741. The molecule has 9 heteroatoms. The summed E-state index contributed by atoms with van der Waals surface area (Å²) in [5.41, 5.74) is 1.01. The molecule has 5 nitrogen and oxygen atoms in total. The minimum atomic E-state index is 0. The molecule has 0 bridgehead atoms. The third kappa shape index (κ3) is 5.76. The normalized spacial score (nSPS) is 16.2. The molecular formula is C18H26Cl2IN5S. The molecule has 3 heterocycles. The summed E-state index contributed by atoms with van der Waals surface area (Å²) in [6.07, 6.45) is 2.56. The third-order valence-electron chi connectivity index (χ3n) is 4.79. The van der Waals surface area contributed by atoms with E-state index in [9.17, 15) is 0 Å². The number of likely N-dealkylation sites (tertiary alicyclic amines) is 1. The van der Waals surface area contributed by atoms with Crippen molar-refractivity contribution in [2.45, 2.75) is 25.4 Å². The monoisotopic (exact) mass is 541 g/mol. The molecule has 1 saturated heterocycles. The zero-order chi connectivity index (χ0) is 18.5. The summed E-state index contributed by atoms with van der Waals surface area (Å²) in [7, 11) is 3.69.